The van der Waals surface area contributed by atoms with Gasteiger partial charge in [-0.2, -0.15) is 0 Å². The smallest absolute Gasteiger partial charge is 0.550 e. The summed E-state index contributed by atoms with van der Waals surface area (Å²) in [6, 6.07) is 0. The van der Waals surface area contributed by atoms with E-state index in [9.17, 15) is 45.0 Å². The number of rotatable bonds is 45. The maximum Gasteiger partial charge on any atom is 1.00 e. The molecule has 0 saturated carbocycles. The van der Waals surface area contributed by atoms with E-state index in [1.165, 1.54) is 57.8 Å². The number of unbranched alkanes of at least 4 members (excludes halogenated alkanes) is 24. The van der Waals surface area contributed by atoms with Gasteiger partial charge in [0.1, 0.15) is 0 Å². The van der Waals surface area contributed by atoms with Gasteiger partial charge in [-0.1, -0.05) is 192 Å². The van der Waals surface area contributed by atoms with Crippen molar-refractivity contribution in [3.05, 3.63) is 36.5 Å². The van der Waals surface area contributed by atoms with Crippen LogP contribution in [0.2, 0.25) is 0 Å². The van der Waals surface area contributed by atoms with E-state index >= 15 is 0 Å². The predicted octanol–water partition coefficient (Wildman–Crippen LogP) is 2.25. The molecule has 12 heteroatoms. The van der Waals surface area contributed by atoms with Crippen molar-refractivity contribution in [1.29, 1.82) is 0 Å². The standard InChI is InChI=1S/3C18H34O3.K.2Na/c3*1-2-3-4-11-14-17(19)15-12-9-7-5-6-8-10-13-16-18(20)21;;;/h3*9,12,17,19H,2-8,10-11,13-16H2,1H3,(H,20,21);;;/q;;;3*+1/p-3/b3*12-9-;;;/t3*17-;;;/m111.../s1. The van der Waals surface area contributed by atoms with Crippen molar-refractivity contribution in [1.82, 2.24) is 0 Å². The summed E-state index contributed by atoms with van der Waals surface area (Å²) in [6.07, 6.45) is 51.0. The van der Waals surface area contributed by atoms with Crippen LogP contribution in [0.4, 0.5) is 0 Å². The molecule has 0 spiro atoms. The molecule has 0 bridgehead atoms. The molecule has 372 valence electrons. The molecule has 0 aromatic heterocycles. The number of hydrogen-bond acceptors (Lipinski definition) is 9. The van der Waals surface area contributed by atoms with Crippen LogP contribution in [0.3, 0.4) is 0 Å². The zero-order valence-corrected chi connectivity index (χ0v) is 51.2. The van der Waals surface area contributed by atoms with Gasteiger partial charge in [-0.05, 0) is 116 Å². The summed E-state index contributed by atoms with van der Waals surface area (Å²) in [7, 11) is 0. The predicted molar refractivity (Wildman–Crippen MR) is 258 cm³/mol. The number of hydrogen-bond donors (Lipinski definition) is 3. The van der Waals surface area contributed by atoms with E-state index in [-0.39, 0.29) is 148 Å². The summed E-state index contributed by atoms with van der Waals surface area (Å²) in [6.45, 7) is 6.59. The normalized spacial score (nSPS) is 12.3. The van der Waals surface area contributed by atoms with E-state index in [0.29, 0.717) is 0 Å². The molecule has 3 atom stereocenters. The molecule has 0 aliphatic carbocycles. The van der Waals surface area contributed by atoms with Crippen molar-refractivity contribution in [3.63, 3.8) is 0 Å². The second kappa shape index (κ2) is 68.2. The second-order valence-electron chi connectivity index (χ2n) is 17.7. The minimum absolute atomic E-state index is 0. The first-order valence-electron chi connectivity index (χ1n) is 26.1. The first-order valence-corrected chi connectivity index (χ1v) is 26.1. The van der Waals surface area contributed by atoms with Crippen LogP contribution in [0.25, 0.3) is 0 Å². The number of carbonyl (C=O) groups is 3. The Labute approximate surface area is 493 Å². The maximum absolute atomic E-state index is 10.2. The van der Waals surface area contributed by atoms with Crippen molar-refractivity contribution in [2.75, 3.05) is 0 Å². The fraction of sp³-hybridized carbons (Fsp3) is 0.833. The Morgan fingerprint density at radius 1 is 0.348 bits per heavy atom. The number of allylic oxidation sites excluding steroid dienone is 3. The van der Waals surface area contributed by atoms with Crippen LogP contribution in [0, 0.1) is 0 Å². The van der Waals surface area contributed by atoms with Gasteiger partial charge in [0.25, 0.3) is 0 Å². The molecule has 66 heavy (non-hydrogen) atoms. The van der Waals surface area contributed by atoms with Crippen molar-refractivity contribution in [2.45, 2.75) is 289 Å². The zero-order chi connectivity index (χ0) is 47.3. The number of aliphatic hydroxyl groups is 3. The molecule has 0 heterocycles. The fourth-order valence-electron chi connectivity index (χ4n) is 7.07. The number of aliphatic hydroxyl groups excluding tert-OH is 3. The van der Waals surface area contributed by atoms with Gasteiger partial charge in [0.05, 0.1) is 18.3 Å². The Balaban J connectivity index is -0.000000200. The summed E-state index contributed by atoms with van der Waals surface area (Å²) in [5.41, 5.74) is 0. The van der Waals surface area contributed by atoms with Gasteiger partial charge >= 0.3 is 110 Å². The number of carboxylic acids is 3. The number of aliphatic carboxylic acids is 3. The van der Waals surface area contributed by atoms with Crippen molar-refractivity contribution in [2.24, 2.45) is 0 Å². The van der Waals surface area contributed by atoms with E-state index in [1.807, 2.05) is 0 Å². The topological polar surface area (TPSA) is 181 Å². The summed E-state index contributed by atoms with van der Waals surface area (Å²) in [4.78, 5) is 30.7. The second-order valence-corrected chi connectivity index (χ2v) is 17.7. The molecule has 0 aromatic rings. The van der Waals surface area contributed by atoms with E-state index in [4.69, 9.17) is 0 Å². The zero-order valence-electron chi connectivity index (χ0n) is 44.1. The number of carboxylic acid groups (broad SMARTS) is 3. The summed E-state index contributed by atoms with van der Waals surface area (Å²) in [5.74, 6) is -2.82. The SMILES string of the molecule is CCCCCC[C@@H](O)C/C=C\CCCCCCCC(=O)[O-].CCCCCC[C@@H](O)C/C=C\CCCCCCCC(=O)[O-].CCCCCC[C@@H](O)C/C=C\CCCCCCCC(=O)[O-].[K+].[Na+].[Na+]. The van der Waals surface area contributed by atoms with Crippen LogP contribution in [-0.2, 0) is 14.4 Å². The molecule has 0 aromatic carbocycles. The summed E-state index contributed by atoms with van der Waals surface area (Å²) in [5, 5.41) is 60.0. The fourth-order valence-corrected chi connectivity index (χ4v) is 7.07. The summed E-state index contributed by atoms with van der Waals surface area (Å²) >= 11 is 0. The maximum atomic E-state index is 10.2. The van der Waals surface area contributed by atoms with Gasteiger partial charge in [0.15, 0.2) is 0 Å². The molecule has 3 N–H and O–H groups in total. The minimum Gasteiger partial charge on any atom is -0.550 e. The van der Waals surface area contributed by atoms with Gasteiger partial charge in [-0.3, -0.25) is 0 Å². The van der Waals surface area contributed by atoms with E-state index in [1.54, 1.807) is 0 Å². The Morgan fingerprint density at radius 3 is 0.788 bits per heavy atom. The van der Waals surface area contributed by atoms with Crippen LogP contribution in [0.5, 0.6) is 0 Å². The van der Waals surface area contributed by atoms with E-state index in [2.05, 4.69) is 57.2 Å². The quantitative estimate of drug-likeness (QED) is 0.0469. The van der Waals surface area contributed by atoms with Gasteiger partial charge in [-0.15, -0.1) is 0 Å². The van der Waals surface area contributed by atoms with Crippen molar-refractivity contribution < 1.29 is 156 Å². The third kappa shape index (κ3) is 79.3. The van der Waals surface area contributed by atoms with E-state index in [0.717, 1.165) is 173 Å². The van der Waals surface area contributed by atoms with Crippen molar-refractivity contribution >= 4 is 17.9 Å². The third-order valence-corrected chi connectivity index (χ3v) is 11.2. The minimum atomic E-state index is -0.939. The Hall–Kier alpha value is 1.15. The van der Waals surface area contributed by atoms with Gasteiger partial charge in [0.2, 0.25) is 0 Å². The molecule has 0 aliphatic rings. The molecule has 0 amide bonds. The largest absolute Gasteiger partial charge is 1.00 e. The number of carbonyl (C=O) groups excluding carboxylic acids is 3. The van der Waals surface area contributed by atoms with Crippen LogP contribution >= 0.6 is 0 Å². The molecule has 0 unspecified atom stereocenters. The van der Waals surface area contributed by atoms with Crippen LogP contribution in [-0.4, -0.2) is 51.5 Å². The first kappa shape index (κ1) is 78.6. The Kier molecular flexibility index (Phi) is 81.2. The molecule has 0 rings (SSSR count). The average Bonchev–Trinajstić information content (AvgIpc) is 3.24. The van der Waals surface area contributed by atoms with Crippen molar-refractivity contribution in [3.8, 4) is 0 Å². The van der Waals surface area contributed by atoms with Crippen LogP contribution in [0.1, 0.15) is 271 Å². The Morgan fingerprint density at radius 2 is 0.561 bits per heavy atom. The van der Waals surface area contributed by atoms with Gasteiger partial charge in [-0.25, -0.2) is 0 Å². The molecule has 0 aliphatic heterocycles. The average molecular weight is 977 g/mol. The van der Waals surface area contributed by atoms with Crippen LogP contribution in [0.15, 0.2) is 36.5 Å². The molecule has 9 nitrogen and oxygen atoms in total. The van der Waals surface area contributed by atoms with Crippen LogP contribution < -0.4 is 126 Å². The van der Waals surface area contributed by atoms with Gasteiger partial charge < -0.3 is 45.0 Å². The van der Waals surface area contributed by atoms with Gasteiger partial charge in [0, 0.05) is 17.9 Å². The Bertz CT molecular complexity index is 932. The molecule has 0 saturated heterocycles. The molecular weight excluding hydrogens is 878 g/mol. The molecule has 0 fully saturated rings. The molecule has 0 radical (unpaired) electrons. The monoisotopic (exact) mass is 977 g/mol. The van der Waals surface area contributed by atoms with E-state index < -0.39 is 17.9 Å². The first-order chi connectivity index (χ1) is 30.5. The summed E-state index contributed by atoms with van der Waals surface area (Å²) < 4.78 is 0. The third-order valence-electron chi connectivity index (χ3n) is 11.2. The molecular formula is C54H99KNa2O9.